The Bertz CT molecular complexity index is 1320. The smallest absolute Gasteiger partial charge is 0.312 e. The van der Waals surface area contributed by atoms with Crippen molar-refractivity contribution in [3.8, 4) is 5.69 Å². The van der Waals surface area contributed by atoms with Crippen LogP contribution in [0.4, 0.5) is 5.95 Å². The molecule has 0 amide bonds. The first-order valence-corrected chi connectivity index (χ1v) is 12.1. The van der Waals surface area contributed by atoms with Gasteiger partial charge in [0.25, 0.3) is 5.56 Å². The molecule has 2 aliphatic rings. The molecule has 186 valence electrons. The molecule has 1 aromatic carbocycles. The summed E-state index contributed by atoms with van der Waals surface area (Å²) >= 11 is 0. The summed E-state index contributed by atoms with van der Waals surface area (Å²) in [4.78, 5) is 34.2. The predicted octanol–water partition coefficient (Wildman–Crippen LogP) is 2.85. The average molecular weight is 481 g/mol. The molecule has 1 aliphatic carbocycles. The highest BCUT2D eigenvalue weighted by Crippen LogP contribution is 2.41. The molecule has 2 aromatic heterocycles. The number of aromatic nitrogens is 5. The Morgan fingerprint density at radius 3 is 2.37 bits per heavy atom. The monoisotopic (exact) mass is 480 g/mol. The van der Waals surface area contributed by atoms with E-state index in [1.807, 2.05) is 18.7 Å². The third-order valence-electron chi connectivity index (χ3n) is 6.48. The minimum absolute atomic E-state index is 0.138. The van der Waals surface area contributed by atoms with E-state index in [4.69, 9.17) is 14.5 Å². The average Bonchev–Trinajstić information content (AvgIpc) is 3.57. The van der Waals surface area contributed by atoms with Crippen molar-refractivity contribution in [2.45, 2.75) is 60.1 Å². The van der Waals surface area contributed by atoms with Crippen molar-refractivity contribution in [2.75, 3.05) is 31.2 Å². The van der Waals surface area contributed by atoms with Crippen molar-refractivity contribution >= 4 is 23.1 Å². The molecule has 2 fully saturated rings. The van der Waals surface area contributed by atoms with E-state index in [1.165, 1.54) is 27.8 Å². The Morgan fingerprint density at radius 2 is 1.77 bits per heavy atom. The van der Waals surface area contributed by atoms with Gasteiger partial charge in [0.1, 0.15) is 0 Å². The number of rotatable bonds is 5. The molecule has 0 N–H and O–H groups in total. The van der Waals surface area contributed by atoms with Crippen LogP contribution < -0.4 is 10.5 Å². The zero-order valence-corrected chi connectivity index (χ0v) is 21.0. The lowest BCUT2D eigenvalue weighted by atomic mass is 9.98. The second-order valence-corrected chi connectivity index (χ2v) is 10.5. The SMILES string of the molecule is Cc1cc(C2CC2)cc(C)c1-n1nc2nc(N3CCOCC3)n(COC(=O)C(C)(C)C)c(=O)c2n1. The van der Waals surface area contributed by atoms with Crippen molar-refractivity contribution in [2.24, 2.45) is 5.41 Å². The molecule has 5 rings (SSSR count). The number of esters is 1. The maximum atomic E-state index is 13.6. The number of hydrogen-bond acceptors (Lipinski definition) is 8. The fraction of sp³-hybridized carbons (Fsp3) is 0.560. The summed E-state index contributed by atoms with van der Waals surface area (Å²) in [7, 11) is 0. The first-order chi connectivity index (χ1) is 16.6. The number of carbonyl (C=O) groups excluding carboxylic acids is 1. The summed E-state index contributed by atoms with van der Waals surface area (Å²) < 4.78 is 12.3. The topological polar surface area (TPSA) is 104 Å². The Labute approximate surface area is 203 Å². The molecule has 10 nitrogen and oxygen atoms in total. The van der Waals surface area contributed by atoms with Crippen molar-refractivity contribution in [1.82, 2.24) is 24.5 Å². The van der Waals surface area contributed by atoms with Gasteiger partial charge >= 0.3 is 5.97 Å². The molecule has 3 aromatic rings. The van der Waals surface area contributed by atoms with Gasteiger partial charge in [-0.15, -0.1) is 15.0 Å². The molecule has 0 unspecified atom stereocenters. The zero-order chi connectivity index (χ0) is 24.9. The fourth-order valence-electron chi connectivity index (χ4n) is 4.40. The van der Waals surface area contributed by atoms with Gasteiger partial charge in [-0.1, -0.05) is 12.1 Å². The van der Waals surface area contributed by atoms with Gasteiger partial charge in [-0.05, 0) is 70.1 Å². The van der Waals surface area contributed by atoms with Crippen LogP contribution in [-0.2, 0) is 21.0 Å². The van der Waals surface area contributed by atoms with Crippen molar-refractivity contribution in [1.29, 1.82) is 0 Å². The molecular weight excluding hydrogens is 448 g/mol. The van der Waals surface area contributed by atoms with Gasteiger partial charge in [-0.25, -0.2) is 4.57 Å². The van der Waals surface area contributed by atoms with Crippen LogP contribution in [-0.4, -0.2) is 56.8 Å². The van der Waals surface area contributed by atoms with Crippen LogP contribution in [0.3, 0.4) is 0 Å². The highest BCUT2D eigenvalue weighted by atomic mass is 16.5. The summed E-state index contributed by atoms with van der Waals surface area (Å²) in [5.74, 6) is 0.645. The zero-order valence-electron chi connectivity index (χ0n) is 21.0. The number of anilines is 1. The van der Waals surface area contributed by atoms with E-state index < -0.39 is 16.9 Å². The lowest BCUT2D eigenvalue weighted by Gasteiger charge is -2.29. The maximum absolute atomic E-state index is 13.6. The quantitative estimate of drug-likeness (QED) is 0.514. The van der Waals surface area contributed by atoms with Crippen LogP contribution in [0.1, 0.15) is 56.2 Å². The van der Waals surface area contributed by atoms with E-state index >= 15 is 0 Å². The largest absolute Gasteiger partial charge is 0.443 e. The number of benzene rings is 1. The molecule has 0 spiro atoms. The highest BCUT2D eigenvalue weighted by Gasteiger charge is 2.28. The first kappa shape index (κ1) is 23.5. The lowest BCUT2D eigenvalue weighted by Crippen LogP contribution is -2.41. The number of carbonyl (C=O) groups is 1. The van der Waals surface area contributed by atoms with Crippen LogP contribution in [0.25, 0.3) is 16.9 Å². The van der Waals surface area contributed by atoms with Crippen LogP contribution in [0.15, 0.2) is 16.9 Å². The number of ether oxygens (including phenoxy) is 2. The molecular formula is C25H32N6O4. The van der Waals surface area contributed by atoms with E-state index in [2.05, 4.69) is 22.3 Å². The lowest BCUT2D eigenvalue weighted by molar-refractivity contribution is -0.157. The number of hydrogen-bond donors (Lipinski definition) is 0. The second kappa shape index (κ2) is 8.75. The molecule has 1 aliphatic heterocycles. The van der Waals surface area contributed by atoms with Gasteiger partial charge in [0.15, 0.2) is 12.2 Å². The molecule has 1 saturated carbocycles. The van der Waals surface area contributed by atoms with Crippen LogP contribution in [0.2, 0.25) is 0 Å². The summed E-state index contributed by atoms with van der Waals surface area (Å²) in [6, 6.07) is 4.37. The van der Waals surface area contributed by atoms with Crippen LogP contribution >= 0.6 is 0 Å². The number of aryl methyl sites for hydroxylation is 2. The van der Waals surface area contributed by atoms with Gasteiger partial charge < -0.3 is 14.4 Å². The van der Waals surface area contributed by atoms with Gasteiger partial charge in [0, 0.05) is 13.1 Å². The molecule has 1 saturated heterocycles. The first-order valence-electron chi connectivity index (χ1n) is 12.1. The van der Waals surface area contributed by atoms with Crippen molar-refractivity contribution < 1.29 is 14.3 Å². The third kappa shape index (κ3) is 4.54. The Hall–Kier alpha value is -3.27. The van der Waals surface area contributed by atoms with Gasteiger partial charge in [0.2, 0.25) is 11.6 Å². The van der Waals surface area contributed by atoms with Crippen LogP contribution in [0.5, 0.6) is 0 Å². The fourth-order valence-corrected chi connectivity index (χ4v) is 4.40. The highest BCUT2D eigenvalue weighted by molar-refractivity contribution is 5.75. The number of morpholine rings is 1. The molecule has 10 heteroatoms. The van der Waals surface area contributed by atoms with Gasteiger partial charge in [-0.3, -0.25) is 9.59 Å². The molecule has 35 heavy (non-hydrogen) atoms. The number of fused-ring (bicyclic) bond motifs is 1. The minimum Gasteiger partial charge on any atom is -0.443 e. The molecule has 3 heterocycles. The summed E-state index contributed by atoms with van der Waals surface area (Å²) in [6.07, 6.45) is 2.46. The molecule has 0 bridgehead atoms. The van der Waals surface area contributed by atoms with E-state index in [-0.39, 0.29) is 17.9 Å². The van der Waals surface area contributed by atoms with E-state index in [0.717, 1.165) is 16.8 Å². The third-order valence-corrected chi connectivity index (χ3v) is 6.48. The maximum Gasteiger partial charge on any atom is 0.312 e. The normalized spacial score (nSPS) is 16.7. The minimum atomic E-state index is -0.689. The van der Waals surface area contributed by atoms with Crippen molar-refractivity contribution in [3.63, 3.8) is 0 Å². The second-order valence-electron chi connectivity index (χ2n) is 10.5. The van der Waals surface area contributed by atoms with Gasteiger partial charge in [-0.2, -0.15) is 4.98 Å². The molecule has 0 atom stereocenters. The Kier molecular flexibility index (Phi) is 5.86. The van der Waals surface area contributed by atoms with E-state index in [9.17, 15) is 9.59 Å². The summed E-state index contributed by atoms with van der Waals surface area (Å²) in [5.41, 5.74) is 3.63. The van der Waals surface area contributed by atoms with Crippen LogP contribution in [0, 0.1) is 19.3 Å². The van der Waals surface area contributed by atoms with Crippen molar-refractivity contribution in [3.05, 3.63) is 39.2 Å². The Morgan fingerprint density at radius 1 is 1.11 bits per heavy atom. The van der Waals surface area contributed by atoms with E-state index in [0.29, 0.717) is 38.2 Å². The Balaban J connectivity index is 1.59. The standard InChI is InChI=1S/C25H32N6O4/c1-15-12-18(17-6-7-17)13-16(2)20(15)31-27-19-21(28-31)26-24(29-8-10-34-11-9-29)30(22(19)32)14-35-23(33)25(3,4)5/h12-13,17H,6-11,14H2,1-5H3. The summed E-state index contributed by atoms with van der Waals surface area (Å²) in [6.45, 7) is 11.3. The summed E-state index contributed by atoms with van der Waals surface area (Å²) in [5, 5.41) is 9.15. The van der Waals surface area contributed by atoms with E-state index in [1.54, 1.807) is 20.8 Å². The predicted molar refractivity (Wildman–Crippen MR) is 131 cm³/mol. The van der Waals surface area contributed by atoms with Gasteiger partial charge in [0.05, 0.1) is 24.3 Å². The number of nitrogens with zero attached hydrogens (tertiary/aromatic N) is 6. The molecule has 0 radical (unpaired) electrons.